The second-order valence-corrected chi connectivity index (χ2v) is 9.73. The minimum atomic E-state index is -0.0937. The summed E-state index contributed by atoms with van der Waals surface area (Å²) in [5.41, 5.74) is 2.75. The van der Waals surface area contributed by atoms with E-state index in [0.717, 1.165) is 44.9 Å². The van der Waals surface area contributed by atoms with Crippen molar-refractivity contribution < 1.29 is 14.3 Å². The van der Waals surface area contributed by atoms with Crippen LogP contribution in [-0.2, 0) is 14.3 Å². The number of allylic oxidation sites excluding steroid dienone is 6. The number of carbonyl (C=O) groups excluding carboxylic acids is 2. The second-order valence-electron chi connectivity index (χ2n) is 9.73. The summed E-state index contributed by atoms with van der Waals surface area (Å²) in [5, 5.41) is 0. The van der Waals surface area contributed by atoms with E-state index in [4.69, 9.17) is 4.74 Å². The number of rotatable bonds is 6. The van der Waals surface area contributed by atoms with Gasteiger partial charge < -0.3 is 4.74 Å². The van der Waals surface area contributed by atoms with Gasteiger partial charge in [-0.1, -0.05) is 43.6 Å². The molecule has 0 bridgehead atoms. The maximum absolute atomic E-state index is 13.0. The van der Waals surface area contributed by atoms with E-state index in [0.29, 0.717) is 24.2 Å². The van der Waals surface area contributed by atoms with E-state index in [1.165, 1.54) is 11.1 Å². The molecule has 0 radical (unpaired) electrons. The Hall–Kier alpha value is -1.48. The third kappa shape index (κ3) is 3.07. The zero-order chi connectivity index (χ0) is 19.9. The average molecular weight is 383 g/mol. The first kappa shape index (κ1) is 19.8. The molecule has 5 atom stereocenters. The van der Waals surface area contributed by atoms with Crippen molar-refractivity contribution in [1.29, 1.82) is 0 Å². The van der Waals surface area contributed by atoms with Gasteiger partial charge in [-0.15, -0.1) is 0 Å². The van der Waals surface area contributed by atoms with Crippen molar-refractivity contribution in [2.24, 2.45) is 28.6 Å². The fraction of sp³-hybridized carbons (Fsp3) is 0.680. The monoisotopic (exact) mass is 382 g/mol. The Morgan fingerprint density at radius 1 is 1.25 bits per heavy atom. The predicted molar refractivity (Wildman–Crippen MR) is 111 cm³/mol. The lowest BCUT2D eigenvalue weighted by Crippen LogP contribution is -2.45. The molecule has 2 unspecified atom stereocenters. The molecule has 0 saturated heterocycles. The Morgan fingerprint density at radius 3 is 2.86 bits per heavy atom. The Labute approximate surface area is 169 Å². The fourth-order valence-electron chi connectivity index (χ4n) is 6.57. The maximum atomic E-state index is 13.0. The van der Waals surface area contributed by atoms with E-state index in [1.54, 1.807) is 6.08 Å². The topological polar surface area (TPSA) is 43.4 Å². The molecule has 0 N–H and O–H groups in total. The summed E-state index contributed by atoms with van der Waals surface area (Å²) in [6, 6.07) is 0. The molecule has 0 heterocycles. The average Bonchev–Trinajstić information content (AvgIpc) is 3.03. The highest BCUT2D eigenvalue weighted by atomic mass is 16.5. The molecule has 0 amide bonds. The van der Waals surface area contributed by atoms with Crippen molar-refractivity contribution in [2.75, 3.05) is 13.2 Å². The molecule has 28 heavy (non-hydrogen) atoms. The summed E-state index contributed by atoms with van der Waals surface area (Å²) >= 11 is 0. The van der Waals surface area contributed by atoms with Crippen LogP contribution >= 0.6 is 0 Å². The molecule has 4 aliphatic rings. The number of ketones is 2. The number of ether oxygens (including phenoxy) is 1. The van der Waals surface area contributed by atoms with Gasteiger partial charge in [0.15, 0.2) is 11.6 Å². The van der Waals surface area contributed by atoms with Crippen LogP contribution in [0.5, 0.6) is 0 Å². The van der Waals surface area contributed by atoms with Crippen LogP contribution in [0.25, 0.3) is 0 Å². The van der Waals surface area contributed by atoms with E-state index in [1.807, 2.05) is 6.08 Å². The normalized spacial score (nSPS) is 39.0. The molecule has 3 nitrogen and oxygen atoms in total. The van der Waals surface area contributed by atoms with Crippen molar-refractivity contribution in [3.63, 3.8) is 0 Å². The maximum Gasteiger partial charge on any atom is 0.178 e. The molecule has 0 aromatic carbocycles. The number of unbranched alkanes of at least 4 members (excludes halogenated alkanes) is 1. The molecule has 0 aromatic heterocycles. The van der Waals surface area contributed by atoms with Crippen LogP contribution in [0.1, 0.15) is 65.7 Å². The first-order chi connectivity index (χ1) is 13.4. The molecule has 2 fully saturated rings. The number of fused-ring (bicyclic) bond motifs is 5. The zero-order valence-electron chi connectivity index (χ0n) is 17.6. The third-order valence-corrected chi connectivity index (χ3v) is 8.22. The summed E-state index contributed by atoms with van der Waals surface area (Å²) in [4.78, 5) is 24.8. The largest absolute Gasteiger partial charge is 0.374 e. The molecule has 2 saturated carbocycles. The van der Waals surface area contributed by atoms with Crippen LogP contribution in [0.15, 0.2) is 35.5 Å². The highest BCUT2D eigenvalue weighted by Gasteiger charge is 2.56. The van der Waals surface area contributed by atoms with Crippen molar-refractivity contribution in [3.8, 4) is 0 Å². The van der Waals surface area contributed by atoms with Crippen LogP contribution in [0.3, 0.4) is 0 Å². The van der Waals surface area contributed by atoms with Gasteiger partial charge in [-0.05, 0) is 74.9 Å². The van der Waals surface area contributed by atoms with E-state index < -0.39 is 0 Å². The lowest BCUT2D eigenvalue weighted by atomic mass is 9.52. The molecule has 0 spiro atoms. The molecule has 0 aliphatic heterocycles. The van der Waals surface area contributed by atoms with E-state index in [2.05, 4.69) is 32.9 Å². The number of Topliss-reactive ketones (excluding diaryl/α,β-unsaturated/α-hetero) is 1. The molecule has 4 rings (SSSR count). The van der Waals surface area contributed by atoms with Gasteiger partial charge >= 0.3 is 0 Å². The van der Waals surface area contributed by atoms with Crippen LogP contribution in [-0.4, -0.2) is 24.8 Å². The minimum Gasteiger partial charge on any atom is -0.374 e. The Bertz CT molecular complexity index is 758. The minimum absolute atomic E-state index is 0.0607. The highest BCUT2D eigenvalue weighted by Crippen LogP contribution is 2.63. The summed E-state index contributed by atoms with van der Waals surface area (Å²) in [6.45, 7) is 7.74. The molecule has 4 aliphatic carbocycles. The standard InChI is InChI=1S/C25H34O3/c1-4-5-14-28-16-23(27)22-9-8-20-19-7-6-17-15-18(26)10-12-24(17,2)21(19)11-13-25(20,22)3/h10-12,15,19-20,22H,4-9,13-14,16H2,1-3H3/t19?,20?,22-,24+,25+/m1/s1. The van der Waals surface area contributed by atoms with Gasteiger partial charge in [0.2, 0.25) is 0 Å². The first-order valence-corrected chi connectivity index (χ1v) is 11.2. The first-order valence-electron chi connectivity index (χ1n) is 11.2. The molecular formula is C25H34O3. The lowest BCUT2D eigenvalue weighted by molar-refractivity contribution is -0.131. The summed E-state index contributed by atoms with van der Waals surface area (Å²) < 4.78 is 5.66. The summed E-state index contributed by atoms with van der Waals surface area (Å²) in [5.74, 6) is 1.68. The number of hydrogen-bond donors (Lipinski definition) is 0. The molecule has 152 valence electrons. The smallest absolute Gasteiger partial charge is 0.178 e. The molecule has 3 heteroatoms. The quantitative estimate of drug-likeness (QED) is 0.467. The summed E-state index contributed by atoms with van der Waals surface area (Å²) in [7, 11) is 0. The third-order valence-electron chi connectivity index (χ3n) is 8.22. The van der Waals surface area contributed by atoms with Crippen LogP contribution in [0.4, 0.5) is 0 Å². The number of hydrogen-bond acceptors (Lipinski definition) is 3. The van der Waals surface area contributed by atoms with E-state index in [-0.39, 0.29) is 29.1 Å². The van der Waals surface area contributed by atoms with Gasteiger partial charge in [0.05, 0.1) is 0 Å². The van der Waals surface area contributed by atoms with Gasteiger partial charge in [-0.3, -0.25) is 9.59 Å². The van der Waals surface area contributed by atoms with Crippen LogP contribution in [0, 0.1) is 28.6 Å². The SMILES string of the molecule is CCCCOCC(=O)[C@H]1CCC2C3CCC4=CC(=O)C=C[C@]4(C)C3=CC[C@@]21C. The lowest BCUT2D eigenvalue weighted by Gasteiger charge is -2.52. The van der Waals surface area contributed by atoms with E-state index in [9.17, 15) is 9.59 Å². The van der Waals surface area contributed by atoms with Crippen molar-refractivity contribution in [2.45, 2.75) is 65.7 Å². The van der Waals surface area contributed by atoms with Gasteiger partial charge in [-0.2, -0.15) is 0 Å². The second kappa shape index (κ2) is 7.40. The van der Waals surface area contributed by atoms with Crippen molar-refractivity contribution >= 4 is 11.6 Å². The van der Waals surface area contributed by atoms with Gasteiger partial charge in [0.25, 0.3) is 0 Å². The number of carbonyl (C=O) groups is 2. The van der Waals surface area contributed by atoms with Crippen LogP contribution < -0.4 is 0 Å². The Balaban J connectivity index is 1.55. The van der Waals surface area contributed by atoms with Gasteiger partial charge in [0, 0.05) is 17.9 Å². The summed E-state index contributed by atoms with van der Waals surface area (Å²) in [6.07, 6.45) is 15.5. The zero-order valence-corrected chi connectivity index (χ0v) is 17.6. The van der Waals surface area contributed by atoms with Crippen molar-refractivity contribution in [3.05, 3.63) is 35.5 Å². The molecule has 0 aromatic rings. The fourth-order valence-corrected chi connectivity index (χ4v) is 6.57. The van der Waals surface area contributed by atoms with Gasteiger partial charge in [-0.25, -0.2) is 0 Å². The Morgan fingerprint density at radius 2 is 2.07 bits per heavy atom. The van der Waals surface area contributed by atoms with E-state index >= 15 is 0 Å². The van der Waals surface area contributed by atoms with Crippen LogP contribution in [0.2, 0.25) is 0 Å². The van der Waals surface area contributed by atoms with Crippen molar-refractivity contribution in [1.82, 2.24) is 0 Å². The highest BCUT2D eigenvalue weighted by molar-refractivity contribution is 6.01. The predicted octanol–water partition coefficient (Wildman–Crippen LogP) is 5.22. The molecular weight excluding hydrogens is 348 g/mol. The Kier molecular flexibility index (Phi) is 5.24. The van der Waals surface area contributed by atoms with Gasteiger partial charge in [0.1, 0.15) is 6.61 Å².